The van der Waals surface area contributed by atoms with E-state index in [1.54, 1.807) is 0 Å². The molecule has 2 aliphatic heterocycles. The lowest BCUT2D eigenvalue weighted by Gasteiger charge is -2.14. The average molecular weight is 310 g/mol. The maximum absolute atomic E-state index is 5.08. The second-order valence-electron chi connectivity index (χ2n) is 6.41. The molecule has 0 N–H and O–H groups in total. The lowest BCUT2D eigenvalue weighted by atomic mass is 10.0. The summed E-state index contributed by atoms with van der Waals surface area (Å²) in [5.74, 6) is 0. The van der Waals surface area contributed by atoms with Crippen LogP contribution in [0.3, 0.4) is 0 Å². The number of hydrogen-bond acceptors (Lipinski definition) is 2. The third-order valence-corrected chi connectivity index (χ3v) is 4.98. The van der Waals surface area contributed by atoms with Crippen molar-refractivity contribution < 1.29 is 0 Å². The predicted molar refractivity (Wildman–Crippen MR) is 97.0 cm³/mol. The van der Waals surface area contributed by atoms with Crippen LogP contribution in [-0.2, 0) is 0 Å². The molecule has 24 heavy (non-hydrogen) atoms. The van der Waals surface area contributed by atoms with Crippen molar-refractivity contribution >= 4 is 5.71 Å². The van der Waals surface area contributed by atoms with Crippen molar-refractivity contribution in [2.24, 2.45) is 4.99 Å². The van der Waals surface area contributed by atoms with E-state index in [0.717, 1.165) is 0 Å². The van der Waals surface area contributed by atoms with Crippen LogP contribution < -0.4 is 0 Å². The Morgan fingerprint density at radius 2 is 1.12 bits per heavy atom. The summed E-state index contributed by atoms with van der Waals surface area (Å²) in [7, 11) is 0. The largest absolute Gasteiger partial charge is 0.263 e. The van der Waals surface area contributed by atoms with E-state index in [4.69, 9.17) is 4.99 Å². The second kappa shape index (κ2) is 5.43. The predicted octanol–water partition coefficient (Wildman–Crippen LogP) is 4.61. The first-order chi connectivity index (χ1) is 11.9. The van der Waals surface area contributed by atoms with Crippen LogP contribution in [-0.4, -0.2) is 16.7 Å². The SMILES string of the molecule is c1ccc(C2=NC(c3ccccc3)N3C2C3c2ccccc2)cc1. The van der Waals surface area contributed by atoms with Gasteiger partial charge in [0.1, 0.15) is 6.17 Å². The van der Waals surface area contributed by atoms with Gasteiger partial charge in [-0.25, -0.2) is 0 Å². The first kappa shape index (κ1) is 13.7. The van der Waals surface area contributed by atoms with Crippen LogP contribution >= 0.6 is 0 Å². The Bertz CT molecular complexity index is 872. The molecule has 5 rings (SSSR count). The van der Waals surface area contributed by atoms with Crippen LogP contribution in [0.1, 0.15) is 28.9 Å². The van der Waals surface area contributed by atoms with E-state index in [0.29, 0.717) is 12.1 Å². The van der Waals surface area contributed by atoms with Crippen LogP contribution in [0.4, 0.5) is 0 Å². The molecular formula is C22H18N2. The molecule has 4 unspecified atom stereocenters. The van der Waals surface area contributed by atoms with E-state index < -0.39 is 0 Å². The average Bonchev–Trinajstić information content (AvgIpc) is 3.28. The van der Waals surface area contributed by atoms with E-state index in [9.17, 15) is 0 Å². The quantitative estimate of drug-likeness (QED) is 0.645. The van der Waals surface area contributed by atoms with Crippen LogP contribution in [0, 0.1) is 0 Å². The second-order valence-corrected chi connectivity index (χ2v) is 6.41. The van der Waals surface area contributed by atoms with Crippen LogP contribution in [0.2, 0.25) is 0 Å². The molecule has 0 radical (unpaired) electrons. The summed E-state index contributed by atoms with van der Waals surface area (Å²) >= 11 is 0. The minimum Gasteiger partial charge on any atom is -0.263 e. The van der Waals surface area contributed by atoms with Gasteiger partial charge in [-0.3, -0.25) is 9.89 Å². The zero-order valence-electron chi connectivity index (χ0n) is 13.3. The van der Waals surface area contributed by atoms with Crippen molar-refractivity contribution in [3.63, 3.8) is 0 Å². The molecule has 0 aromatic heterocycles. The maximum Gasteiger partial charge on any atom is 0.129 e. The van der Waals surface area contributed by atoms with Crippen molar-refractivity contribution in [1.29, 1.82) is 0 Å². The third-order valence-electron chi connectivity index (χ3n) is 4.98. The van der Waals surface area contributed by atoms with Crippen molar-refractivity contribution in [3.05, 3.63) is 108 Å². The van der Waals surface area contributed by atoms with E-state index in [-0.39, 0.29) is 6.17 Å². The molecule has 1 saturated heterocycles. The smallest absolute Gasteiger partial charge is 0.129 e. The first-order valence-electron chi connectivity index (χ1n) is 8.44. The van der Waals surface area contributed by atoms with Crippen LogP contribution in [0.25, 0.3) is 0 Å². The van der Waals surface area contributed by atoms with E-state index in [2.05, 4.69) is 95.9 Å². The molecule has 0 bridgehead atoms. The maximum atomic E-state index is 5.08. The molecular weight excluding hydrogens is 292 g/mol. The molecule has 4 atom stereocenters. The molecule has 2 heteroatoms. The topological polar surface area (TPSA) is 15.4 Å². The highest BCUT2D eigenvalue weighted by molar-refractivity contribution is 6.08. The molecule has 0 saturated carbocycles. The third kappa shape index (κ3) is 2.11. The van der Waals surface area contributed by atoms with E-state index in [1.807, 2.05) is 0 Å². The van der Waals surface area contributed by atoms with Gasteiger partial charge in [0.25, 0.3) is 0 Å². The first-order valence-corrected chi connectivity index (χ1v) is 8.44. The summed E-state index contributed by atoms with van der Waals surface area (Å²) in [6, 6.07) is 32.8. The van der Waals surface area contributed by atoms with E-state index in [1.165, 1.54) is 22.4 Å². The Morgan fingerprint density at radius 3 is 1.75 bits per heavy atom. The fourth-order valence-corrected chi connectivity index (χ4v) is 3.85. The zero-order chi connectivity index (χ0) is 15.9. The molecule has 0 spiro atoms. The summed E-state index contributed by atoms with van der Waals surface area (Å²) in [6.07, 6.45) is 0.122. The van der Waals surface area contributed by atoms with Crippen LogP contribution in [0.5, 0.6) is 0 Å². The highest BCUT2D eigenvalue weighted by Crippen LogP contribution is 2.55. The van der Waals surface area contributed by atoms with Gasteiger partial charge in [-0.1, -0.05) is 91.0 Å². The molecule has 3 aromatic carbocycles. The molecule has 2 aliphatic rings. The van der Waals surface area contributed by atoms with Gasteiger partial charge in [0.05, 0.1) is 17.8 Å². The summed E-state index contributed by atoms with van der Waals surface area (Å²) in [5, 5.41) is 0. The van der Waals surface area contributed by atoms with E-state index >= 15 is 0 Å². The van der Waals surface area contributed by atoms with Gasteiger partial charge < -0.3 is 0 Å². The zero-order valence-corrected chi connectivity index (χ0v) is 13.3. The number of hydrogen-bond donors (Lipinski definition) is 0. The number of nitrogens with zero attached hydrogens (tertiary/aromatic N) is 2. The lowest BCUT2D eigenvalue weighted by molar-refractivity contribution is 0.404. The summed E-state index contributed by atoms with van der Waals surface area (Å²) in [6.45, 7) is 0. The summed E-state index contributed by atoms with van der Waals surface area (Å²) in [4.78, 5) is 7.60. The summed E-state index contributed by atoms with van der Waals surface area (Å²) in [5.41, 5.74) is 5.11. The van der Waals surface area contributed by atoms with Gasteiger partial charge in [-0.05, 0) is 16.7 Å². The van der Waals surface area contributed by atoms with Crippen molar-refractivity contribution in [2.45, 2.75) is 18.2 Å². The molecule has 116 valence electrons. The van der Waals surface area contributed by atoms with Gasteiger partial charge in [0, 0.05) is 0 Å². The lowest BCUT2D eigenvalue weighted by Crippen LogP contribution is -2.08. The fraction of sp³-hybridized carbons (Fsp3) is 0.136. The van der Waals surface area contributed by atoms with Gasteiger partial charge in [-0.15, -0.1) is 0 Å². The standard InChI is InChI=1S/C22H18N2/c1-4-10-16(11-5-1)19-21-20(17-12-6-2-7-13-17)24(21)22(23-19)18-14-8-3-9-15-18/h1-15,20-22H. The number of fused-ring (bicyclic) bond motifs is 1. The minimum absolute atomic E-state index is 0.122. The Kier molecular flexibility index (Phi) is 3.10. The summed E-state index contributed by atoms with van der Waals surface area (Å²) < 4.78 is 0. The Hall–Kier alpha value is -2.71. The highest BCUT2D eigenvalue weighted by Gasteiger charge is 2.59. The molecule has 2 heterocycles. The minimum atomic E-state index is 0.122. The van der Waals surface area contributed by atoms with Gasteiger partial charge in [-0.2, -0.15) is 0 Å². The molecule has 2 nitrogen and oxygen atoms in total. The van der Waals surface area contributed by atoms with Gasteiger partial charge in [0.2, 0.25) is 0 Å². The molecule has 0 amide bonds. The molecule has 1 fully saturated rings. The van der Waals surface area contributed by atoms with Crippen LogP contribution in [0.15, 0.2) is 96.0 Å². The number of rotatable bonds is 3. The Labute approximate surface area is 142 Å². The molecule has 3 aromatic rings. The van der Waals surface area contributed by atoms with Crippen molar-refractivity contribution in [2.75, 3.05) is 0 Å². The highest BCUT2D eigenvalue weighted by atomic mass is 15.5. The molecule has 0 aliphatic carbocycles. The van der Waals surface area contributed by atoms with Gasteiger partial charge in [0.15, 0.2) is 0 Å². The number of aliphatic imine (C=N–C) groups is 1. The Balaban J connectivity index is 1.58. The van der Waals surface area contributed by atoms with Crippen molar-refractivity contribution in [1.82, 2.24) is 4.90 Å². The fourth-order valence-electron chi connectivity index (χ4n) is 3.85. The normalized spacial score (nSPS) is 27.4. The number of benzene rings is 3. The monoisotopic (exact) mass is 310 g/mol. The van der Waals surface area contributed by atoms with Gasteiger partial charge >= 0.3 is 0 Å². The Morgan fingerprint density at radius 1 is 0.583 bits per heavy atom. The van der Waals surface area contributed by atoms with Crippen molar-refractivity contribution in [3.8, 4) is 0 Å².